The molecule has 0 spiro atoms. The van der Waals surface area contributed by atoms with Crippen molar-refractivity contribution < 1.29 is 4.79 Å². The van der Waals surface area contributed by atoms with Crippen LogP contribution in [0.5, 0.6) is 0 Å². The fourth-order valence-corrected chi connectivity index (χ4v) is 2.08. The number of anilines is 1. The first kappa shape index (κ1) is 13.0. The van der Waals surface area contributed by atoms with Gasteiger partial charge in [0.15, 0.2) is 0 Å². The Morgan fingerprint density at radius 1 is 1.28 bits per heavy atom. The van der Waals surface area contributed by atoms with Gasteiger partial charge >= 0.3 is 0 Å². The minimum Gasteiger partial charge on any atom is -0.354 e. The molecule has 0 amide bonds. The number of rotatable bonds is 4. The van der Waals surface area contributed by atoms with Gasteiger partial charge < -0.3 is 4.90 Å². The van der Waals surface area contributed by atoms with Gasteiger partial charge in [-0.3, -0.25) is 9.69 Å². The lowest BCUT2D eigenvalue weighted by molar-refractivity contribution is -0.123. The number of carbonyl (C=O) groups excluding carboxylic acids is 1. The fourth-order valence-electron chi connectivity index (χ4n) is 2.08. The molecule has 1 aromatic heterocycles. The number of hydrogen-bond acceptors (Lipinski definition) is 4. The SMILES string of the molecule is CC(C)C(=O)CN1CCN(c2ccccn2)CC1. The molecule has 4 nitrogen and oxygen atoms in total. The van der Waals surface area contributed by atoms with Crippen molar-refractivity contribution >= 4 is 11.6 Å². The Kier molecular flexibility index (Phi) is 4.31. The standard InChI is InChI=1S/C14H21N3O/c1-12(2)13(18)11-16-7-9-17(10-8-16)14-5-3-4-6-15-14/h3-6,12H,7-11H2,1-2H3. The highest BCUT2D eigenvalue weighted by Crippen LogP contribution is 2.12. The molecule has 0 aliphatic carbocycles. The number of Topliss-reactive ketones (excluding diaryl/α,β-unsaturated/α-hetero) is 1. The number of nitrogens with zero attached hydrogens (tertiary/aromatic N) is 3. The third-order valence-electron chi connectivity index (χ3n) is 3.37. The summed E-state index contributed by atoms with van der Waals surface area (Å²) in [6.45, 7) is 8.29. The van der Waals surface area contributed by atoms with Gasteiger partial charge in [0.1, 0.15) is 11.6 Å². The van der Waals surface area contributed by atoms with Crippen molar-refractivity contribution in [1.29, 1.82) is 0 Å². The molecule has 1 aliphatic rings. The Bertz CT molecular complexity index is 383. The molecule has 2 rings (SSSR count). The predicted octanol–water partition coefficient (Wildman–Crippen LogP) is 1.43. The van der Waals surface area contributed by atoms with Crippen LogP contribution in [0, 0.1) is 5.92 Å². The van der Waals surface area contributed by atoms with Gasteiger partial charge in [-0.15, -0.1) is 0 Å². The molecule has 1 fully saturated rings. The fraction of sp³-hybridized carbons (Fsp3) is 0.571. The Morgan fingerprint density at radius 2 is 2.00 bits per heavy atom. The van der Waals surface area contributed by atoms with Crippen LogP contribution in [-0.4, -0.2) is 48.4 Å². The molecule has 4 heteroatoms. The number of ketones is 1. The molecule has 0 saturated carbocycles. The first-order chi connectivity index (χ1) is 8.66. The minimum atomic E-state index is 0.138. The van der Waals surface area contributed by atoms with E-state index in [0.717, 1.165) is 32.0 Å². The van der Waals surface area contributed by atoms with Crippen LogP contribution in [0.2, 0.25) is 0 Å². The maximum Gasteiger partial charge on any atom is 0.149 e. The molecule has 0 atom stereocenters. The van der Waals surface area contributed by atoms with Gasteiger partial charge in [0.25, 0.3) is 0 Å². The third kappa shape index (κ3) is 3.29. The maximum atomic E-state index is 11.7. The molecule has 98 valence electrons. The lowest BCUT2D eigenvalue weighted by atomic mass is 10.1. The monoisotopic (exact) mass is 247 g/mol. The van der Waals surface area contributed by atoms with Crippen LogP contribution in [0.25, 0.3) is 0 Å². The predicted molar refractivity (Wildman–Crippen MR) is 72.7 cm³/mol. The zero-order valence-electron chi connectivity index (χ0n) is 11.2. The molecule has 2 heterocycles. The second kappa shape index (κ2) is 5.96. The summed E-state index contributed by atoms with van der Waals surface area (Å²) in [5.74, 6) is 1.51. The summed E-state index contributed by atoms with van der Waals surface area (Å²) in [6, 6.07) is 5.98. The van der Waals surface area contributed by atoms with Gasteiger partial charge in [0, 0.05) is 38.3 Å². The molecular weight excluding hydrogens is 226 g/mol. The number of carbonyl (C=O) groups is 1. The van der Waals surface area contributed by atoms with Crippen molar-refractivity contribution in [1.82, 2.24) is 9.88 Å². The second-order valence-electron chi connectivity index (χ2n) is 5.07. The van der Waals surface area contributed by atoms with Crippen LogP contribution in [0.1, 0.15) is 13.8 Å². The second-order valence-corrected chi connectivity index (χ2v) is 5.07. The quantitative estimate of drug-likeness (QED) is 0.806. The number of hydrogen-bond donors (Lipinski definition) is 0. The lowest BCUT2D eigenvalue weighted by Gasteiger charge is -2.35. The lowest BCUT2D eigenvalue weighted by Crippen LogP contribution is -2.48. The zero-order valence-corrected chi connectivity index (χ0v) is 11.2. The van der Waals surface area contributed by atoms with Crippen LogP contribution in [-0.2, 0) is 4.79 Å². The molecule has 18 heavy (non-hydrogen) atoms. The Hall–Kier alpha value is -1.42. The van der Waals surface area contributed by atoms with Crippen molar-refractivity contribution in [2.24, 2.45) is 5.92 Å². The average molecular weight is 247 g/mol. The van der Waals surface area contributed by atoms with Gasteiger partial charge in [0.05, 0.1) is 6.54 Å². The van der Waals surface area contributed by atoms with Gasteiger partial charge in [-0.05, 0) is 12.1 Å². The Morgan fingerprint density at radius 3 is 2.56 bits per heavy atom. The maximum absolute atomic E-state index is 11.7. The van der Waals surface area contributed by atoms with Crippen molar-refractivity contribution in [2.45, 2.75) is 13.8 Å². The summed E-state index contributed by atoms with van der Waals surface area (Å²) < 4.78 is 0. The molecule has 0 N–H and O–H groups in total. The number of aromatic nitrogens is 1. The highest BCUT2D eigenvalue weighted by molar-refractivity contribution is 5.82. The molecule has 1 aliphatic heterocycles. The molecule has 0 radical (unpaired) electrons. The Balaban J connectivity index is 1.83. The van der Waals surface area contributed by atoms with Crippen molar-refractivity contribution in [2.75, 3.05) is 37.6 Å². The van der Waals surface area contributed by atoms with Gasteiger partial charge in [-0.1, -0.05) is 19.9 Å². The van der Waals surface area contributed by atoms with E-state index in [1.54, 1.807) is 0 Å². The number of piperazine rings is 1. The molecular formula is C14H21N3O. The van der Waals surface area contributed by atoms with E-state index < -0.39 is 0 Å². The summed E-state index contributed by atoms with van der Waals surface area (Å²) in [5.41, 5.74) is 0. The van der Waals surface area contributed by atoms with Crippen LogP contribution in [0.15, 0.2) is 24.4 Å². The smallest absolute Gasteiger partial charge is 0.149 e. The largest absolute Gasteiger partial charge is 0.354 e. The first-order valence-electron chi connectivity index (χ1n) is 6.58. The van der Waals surface area contributed by atoms with Crippen molar-refractivity contribution in [3.8, 4) is 0 Å². The molecule has 0 aromatic carbocycles. The third-order valence-corrected chi connectivity index (χ3v) is 3.37. The summed E-state index contributed by atoms with van der Waals surface area (Å²) in [7, 11) is 0. The highest BCUT2D eigenvalue weighted by Gasteiger charge is 2.20. The molecule has 0 bridgehead atoms. The van der Waals surface area contributed by atoms with Crippen LogP contribution in [0.4, 0.5) is 5.82 Å². The molecule has 1 aromatic rings. The van der Waals surface area contributed by atoms with Crippen LogP contribution in [0.3, 0.4) is 0 Å². The van der Waals surface area contributed by atoms with Crippen LogP contribution < -0.4 is 4.90 Å². The summed E-state index contributed by atoms with van der Waals surface area (Å²) in [6.07, 6.45) is 1.82. The average Bonchev–Trinajstić information content (AvgIpc) is 2.40. The van der Waals surface area contributed by atoms with E-state index >= 15 is 0 Å². The highest BCUT2D eigenvalue weighted by atomic mass is 16.1. The number of pyridine rings is 1. The topological polar surface area (TPSA) is 36.4 Å². The van der Waals surface area contributed by atoms with E-state index in [0.29, 0.717) is 12.3 Å². The summed E-state index contributed by atoms with van der Waals surface area (Å²) in [5, 5.41) is 0. The van der Waals surface area contributed by atoms with E-state index in [1.165, 1.54) is 0 Å². The van der Waals surface area contributed by atoms with Crippen LogP contribution >= 0.6 is 0 Å². The van der Waals surface area contributed by atoms with Crippen molar-refractivity contribution in [3.63, 3.8) is 0 Å². The van der Waals surface area contributed by atoms with E-state index in [2.05, 4.69) is 14.8 Å². The minimum absolute atomic E-state index is 0.138. The molecule has 1 saturated heterocycles. The van der Waals surface area contributed by atoms with E-state index in [1.807, 2.05) is 38.2 Å². The summed E-state index contributed by atoms with van der Waals surface area (Å²) >= 11 is 0. The van der Waals surface area contributed by atoms with Gasteiger partial charge in [-0.2, -0.15) is 0 Å². The van der Waals surface area contributed by atoms with E-state index in [9.17, 15) is 4.79 Å². The zero-order chi connectivity index (χ0) is 13.0. The first-order valence-corrected chi connectivity index (χ1v) is 6.58. The molecule has 0 unspecified atom stereocenters. The Labute approximate surface area is 109 Å². The van der Waals surface area contributed by atoms with Gasteiger partial charge in [-0.25, -0.2) is 4.98 Å². The normalized spacial score (nSPS) is 17.2. The van der Waals surface area contributed by atoms with Gasteiger partial charge in [0.2, 0.25) is 0 Å². The van der Waals surface area contributed by atoms with E-state index in [-0.39, 0.29) is 5.92 Å². The summed E-state index contributed by atoms with van der Waals surface area (Å²) in [4.78, 5) is 20.6. The van der Waals surface area contributed by atoms with Crippen molar-refractivity contribution in [3.05, 3.63) is 24.4 Å². The van der Waals surface area contributed by atoms with E-state index in [4.69, 9.17) is 0 Å².